The first kappa shape index (κ1) is 23.3. The van der Waals surface area contributed by atoms with E-state index in [2.05, 4.69) is 29.8 Å². The number of hydrogen-bond acceptors (Lipinski definition) is 4. The Labute approximate surface area is 183 Å². The molecule has 0 aliphatic heterocycles. The van der Waals surface area contributed by atoms with Gasteiger partial charge in [-0.1, -0.05) is 26.8 Å². The van der Waals surface area contributed by atoms with Crippen molar-refractivity contribution >= 4 is 40.5 Å². The summed E-state index contributed by atoms with van der Waals surface area (Å²) >= 11 is 5.28. The topological polar surface area (TPSA) is 79.5 Å². The molecule has 0 fully saturated rings. The van der Waals surface area contributed by atoms with E-state index in [1.165, 1.54) is 0 Å². The molecular weight excluding hydrogens is 398 g/mol. The molecule has 2 aromatic carbocycles. The van der Waals surface area contributed by atoms with Gasteiger partial charge in [0.1, 0.15) is 5.75 Å². The molecule has 0 aliphatic carbocycles. The quantitative estimate of drug-likeness (QED) is 0.523. The lowest BCUT2D eigenvalue weighted by Crippen LogP contribution is -2.34. The van der Waals surface area contributed by atoms with Crippen LogP contribution < -0.4 is 20.7 Å². The standard InChI is InChI=1S/C23H29N3O3S/c1-5-21(27)24-19-7-6-8-20(16(19)4)25-23(30)26-22(28)17-9-11-18(12-10-17)29-14-13-15(2)3/h6-12,15H,5,13-14H2,1-4H3,(H,24,27)(H2,25,26,28,30). The van der Waals surface area contributed by atoms with E-state index in [1.54, 1.807) is 31.2 Å². The first-order chi connectivity index (χ1) is 14.3. The Balaban J connectivity index is 1.94. The van der Waals surface area contributed by atoms with Crippen LogP contribution >= 0.6 is 12.2 Å². The molecule has 7 heteroatoms. The molecule has 6 nitrogen and oxygen atoms in total. The van der Waals surface area contributed by atoms with Crippen molar-refractivity contribution in [3.8, 4) is 5.75 Å². The van der Waals surface area contributed by atoms with Gasteiger partial charge in [-0.3, -0.25) is 14.9 Å². The van der Waals surface area contributed by atoms with Crippen LogP contribution in [0.5, 0.6) is 5.75 Å². The lowest BCUT2D eigenvalue weighted by Gasteiger charge is -2.15. The minimum Gasteiger partial charge on any atom is -0.494 e. The highest BCUT2D eigenvalue weighted by Gasteiger charge is 2.11. The summed E-state index contributed by atoms with van der Waals surface area (Å²) in [6.45, 7) is 8.60. The van der Waals surface area contributed by atoms with E-state index >= 15 is 0 Å². The molecule has 0 saturated carbocycles. The molecule has 160 valence electrons. The third-order valence-corrected chi connectivity index (χ3v) is 4.69. The van der Waals surface area contributed by atoms with Gasteiger partial charge in [0, 0.05) is 23.4 Å². The molecule has 0 radical (unpaired) electrons. The summed E-state index contributed by atoms with van der Waals surface area (Å²) in [5, 5.41) is 8.71. The zero-order valence-corrected chi connectivity index (χ0v) is 18.7. The van der Waals surface area contributed by atoms with Gasteiger partial charge < -0.3 is 15.4 Å². The predicted molar refractivity (Wildman–Crippen MR) is 125 cm³/mol. The maximum absolute atomic E-state index is 12.5. The number of carbonyl (C=O) groups is 2. The molecule has 2 rings (SSSR count). The zero-order valence-electron chi connectivity index (χ0n) is 17.9. The average molecular weight is 428 g/mol. The Hall–Kier alpha value is -2.93. The van der Waals surface area contributed by atoms with Gasteiger partial charge >= 0.3 is 0 Å². The molecule has 3 N–H and O–H groups in total. The van der Waals surface area contributed by atoms with Crippen LogP contribution in [0.1, 0.15) is 49.5 Å². The van der Waals surface area contributed by atoms with Gasteiger partial charge in [0.15, 0.2) is 5.11 Å². The summed E-state index contributed by atoms with van der Waals surface area (Å²) in [4.78, 5) is 24.1. The van der Waals surface area contributed by atoms with Crippen LogP contribution in [0.3, 0.4) is 0 Å². The normalized spacial score (nSPS) is 10.4. The molecule has 0 saturated heterocycles. The second-order valence-corrected chi connectivity index (χ2v) is 7.75. The number of carbonyl (C=O) groups excluding carboxylic acids is 2. The van der Waals surface area contributed by atoms with Crippen LogP contribution in [0.15, 0.2) is 42.5 Å². The SMILES string of the molecule is CCC(=O)Nc1cccc(NC(=S)NC(=O)c2ccc(OCCC(C)C)cc2)c1C. The van der Waals surface area contributed by atoms with E-state index < -0.39 is 0 Å². The Morgan fingerprint density at radius 1 is 1.03 bits per heavy atom. The minimum atomic E-state index is -0.311. The molecule has 0 unspecified atom stereocenters. The number of amides is 2. The third-order valence-electron chi connectivity index (χ3n) is 4.48. The number of nitrogens with one attached hydrogen (secondary N) is 3. The fourth-order valence-electron chi connectivity index (χ4n) is 2.59. The van der Waals surface area contributed by atoms with E-state index in [0.29, 0.717) is 35.9 Å². The van der Waals surface area contributed by atoms with Crippen LogP contribution in [0.25, 0.3) is 0 Å². The van der Waals surface area contributed by atoms with E-state index in [1.807, 2.05) is 25.1 Å². The summed E-state index contributed by atoms with van der Waals surface area (Å²) in [5.74, 6) is 0.933. The minimum absolute atomic E-state index is 0.0669. The van der Waals surface area contributed by atoms with E-state index in [9.17, 15) is 9.59 Å². The summed E-state index contributed by atoms with van der Waals surface area (Å²) in [7, 11) is 0. The van der Waals surface area contributed by atoms with E-state index in [4.69, 9.17) is 17.0 Å². The van der Waals surface area contributed by atoms with E-state index in [-0.39, 0.29) is 16.9 Å². The van der Waals surface area contributed by atoms with Crippen molar-refractivity contribution < 1.29 is 14.3 Å². The number of anilines is 2. The first-order valence-electron chi connectivity index (χ1n) is 10.0. The number of ether oxygens (including phenoxy) is 1. The number of thiocarbonyl (C=S) groups is 1. The number of hydrogen-bond donors (Lipinski definition) is 3. The fourth-order valence-corrected chi connectivity index (χ4v) is 2.79. The predicted octanol–water partition coefficient (Wildman–Crippen LogP) is 4.90. The summed E-state index contributed by atoms with van der Waals surface area (Å²) in [6.07, 6.45) is 1.37. The van der Waals surface area contributed by atoms with Crippen molar-refractivity contribution in [3.05, 3.63) is 53.6 Å². The number of rotatable bonds is 8. The molecule has 0 spiro atoms. The highest BCUT2D eigenvalue weighted by molar-refractivity contribution is 7.80. The largest absolute Gasteiger partial charge is 0.494 e. The smallest absolute Gasteiger partial charge is 0.257 e. The van der Waals surface area contributed by atoms with Crippen molar-refractivity contribution in [1.29, 1.82) is 0 Å². The molecule has 2 aromatic rings. The maximum Gasteiger partial charge on any atom is 0.257 e. The molecule has 2 amide bonds. The Morgan fingerprint density at radius 3 is 2.27 bits per heavy atom. The van der Waals surface area contributed by atoms with Crippen molar-refractivity contribution in [2.24, 2.45) is 5.92 Å². The Bertz CT molecular complexity index is 895. The highest BCUT2D eigenvalue weighted by atomic mass is 32.1. The van der Waals surface area contributed by atoms with Crippen molar-refractivity contribution in [2.75, 3.05) is 17.2 Å². The molecule has 0 atom stereocenters. The molecule has 0 bridgehead atoms. The van der Waals surface area contributed by atoms with Gasteiger partial charge in [0.2, 0.25) is 5.91 Å². The zero-order chi connectivity index (χ0) is 22.1. The van der Waals surface area contributed by atoms with Gasteiger partial charge in [-0.2, -0.15) is 0 Å². The monoisotopic (exact) mass is 427 g/mol. The Morgan fingerprint density at radius 2 is 1.67 bits per heavy atom. The molecule has 0 heterocycles. The Kier molecular flexibility index (Phi) is 8.80. The highest BCUT2D eigenvalue weighted by Crippen LogP contribution is 2.23. The van der Waals surface area contributed by atoms with Crippen LogP contribution in [-0.2, 0) is 4.79 Å². The second-order valence-electron chi connectivity index (χ2n) is 7.34. The summed E-state index contributed by atoms with van der Waals surface area (Å²) in [6, 6.07) is 12.4. The van der Waals surface area contributed by atoms with Gasteiger partial charge in [-0.05, 0) is 73.4 Å². The van der Waals surface area contributed by atoms with E-state index in [0.717, 1.165) is 17.7 Å². The van der Waals surface area contributed by atoms with Gasteiger partial charge in [-0.25, -0.2) is 0 Å². The second kappa shape index (κ2) is 11.3. The molecular formula is C23H29N3O3S. The van der Waals surface area contributed by atoms with Crippen LogP contribution in [0.2, 0.25) is 0 Å². The lowest BCUT2D eigenvalue weighted by molar-refractivity contribution is -0.115. The van der Waals surface area contributed by atoms with Gasteiger partial charge in [0.25, 0.3) is 5.91 Å². The van der Waals surface area contributed by atoms with Crippen LogP contribution in [0.4, 0.5) is 11.4 Å². The third kappa shape index (κ3) is 7.15. The van der Waals surface area contributed by atoms with Crippen LogP contribution in [0, 0.1) is 12.8 Å². The van der Waals surface area contributed by atoms with Gasteiger partial charge in [-0.15, -0.1) is 0 Å². The maximum atomic E-state index is 12.5. The molecule has 0 aromatic heterocycles. The summed E-state index contributed by atoms with van der Waals surface area (Å²) in [5.41, 5.74) is 2.73. The number of benzene rings is 2. The van der Waals surface area contributed by atoms with Crippen molar-refractivity contribution in [3.63, 3.8) is 0 Å². The fraction of sp³-hybridized carbons (Fsp3) is 0.348. The molecule has 0 aliphatic rings. The van der Waals surface area contributed by atoms with Gasteiger partial charge in [0.05, 0.1) is 6.61 Å². The first-order valence-corrected chi connectivity index (χ1v) is 10.5. The summed E-state index contributed by atoms with van der Waals surface area (Å²) < 4.78 is 5.67. The molecule has 30 heavy (non-hydrogen) atoms. The van der Waals surface area contributed by atoms with Crippen molar-refractivity contribution in [1.82, 2.24) is 5.32 Å². The lowest BCUT2D eigenvalue weighted by atomic mass is 10.1. The van der Waals surface area contributed by atoms with Crippen molar-refractivity contribution in [2.45, 2.75) is 40.5 Å². The van der Waals surface area contributed by atoms with Crippen LogP contribution in [-0.4, -0.2) is 23.5 Å². The average Bonchev–Trinajstić information content (AvgIpc) is 2.71.